The van der Waals surface area contributed by atoms with Crippen LogP contribution in [0.25, 0.3) is 11.1 Å². The first-order valence-corrected chi connectivity index (χ1v) is 9.92. The molecular formula is C23H26N2O. The van der Waals surface area contributed by atoms with Gasteiger partial charge >= 0.3 is 0 Å². The lowest BCUT2D eigenvalue weighted by atomic mass is 9.78. The van der Waals surface area contributed by atoms with E-state index >= 15 is 0 Å². The summed E-state index contributed by atoms with van der Waals surface area (Å²) >= 11 is 0. The highest BCUT2D eigenvalue weighted by Gasteiger charge is 2.40. The van der Waals surface area contributed by atoms with Gasteiger partial charge in [0.25, 0.3) is 0 Å². The standard InChI is InChI=1S/C23H26N2O/c24-15-19-21(17-9-3-1-4-10-17)18-11-5-2-6-12-20(18)25-22(19)23(16-26)13-7-8-14-23/h1,3-4,9-10,26H,2,5-8,11-14,16H2. The molecule has 1 aromatic heterocycles. The van der Waals surface area contributed by atoms with Gasteiger partial charge in [0.05, 0.1) is 17.9 Å². The molecule has 0 spiro atoms. The van der Waals surface area contributed by atoms with Crippen molar-refractivity contribution >= 4 is 0 Å². The second kappa shape index (κ2) is 7.21. The highest BCUT2D eigenvalue weighted by molar-refractivity contribution is 5.76. The summed E-state index contributed by atoms with van der Waals surface area (Å²) in [7, 11) is 0. The van der Waals surface area contributed by atoms with Crippen molar-refractivity contribution in [1.29, 1.82) is 5.26 Å². The molecular weight excluding hydrogens is 320 g/mol. The Morgan fingerprint density at radius 2 is 1.73 bits per heavy atom. The van der Waals surface area contributed by atoms with Crippen molar-refractivity contribution in [2.75, 3.05) is 6.61 Å². The molecule has 0 bridgehead atoms. The number of nitriles is 1. The Labute approximate surface area is 155 Å². The first-order valence-electron chi connectivity index (χ1n) is 9.92. The molecule has 1 N–H and O–H groups in total. The zero-order valence-corrected chi connectivity index (χ0v) is 15.3. The molecule has 0 amide bonds. The summed E-state index contributed by atoms with van der Waals surface area (Å²) < 4.78 is 0. The van der Waals surface area contributed by atoms with Gasteiger partial charge in [0.1, 0.15) is 6.07 Å². The summed E-state index contributed by atoms with van der Waals surface area (Å²) in [6, 6.07) is 12.8. The molecule has 0 unspecified atom stereocenters. The van der Waals surface area contributed by atoms with Gasteiger partial charge in [0.2, 0.25) is 0 Å². The van der Waals surface area contributed by atoms with Crippen LogP contribution in [0.4, 0.5) is 0 Å². The van der Waals surface area contributed by atoms with Crippen LogP contribution in [-0.4, -0.2) is 16.7 Å². The van der Waals surface area contributed by atoms with Crippen LogP contribution in [0.3, 0.4) is 0 Å². The number of aryl methyl sites for hydroxylation is 1. The van der Waals surface area contributed by atoms with E-state index in [2.05, 4.69) is 18.2 Å². The van der Waals surface area contributed by atoms with Gasteiger partial charge in [-0.1, -0.05) is 49.6 Å². The molecule has 0 radical (unpaired) electrons. The number of aliphatic hydroxyl groups is 1. The first kappa shape index (κ1) is 17.2. The number of fused-ring (bicyclic) bond motifs is 1. The van der Waals surface area contributed by atoms with Crippen molar-refractivity contribution in [2.24, 2.45) is 0 Å². The molecule has 1 aromatic carbocycles. The minimum Gasteiger partial charge on any atom is -0.395 e. The lowest BCUT2D eigenvalue weighted by molar-refractivity contribution is 0.192. The maximum atomic E-state index is 10.3. The van der Waals surface area contributed by atoms with Crippen LogP contribution in [0.2, 0.25) is 0 Å². The molecule has 2 aliphatic rings. The Kier molecular flexibility index (Phi) is 4.78. The monoisotopic (exact) mass is 346 g/mol. The van der Waals surface area contributed by atoms with Crippen LogP contribution in [-0.2, 0) is 18.3 Å². The molecule has 2 aromatic rings. The van der Waals surface area contributed by atoms with Crippen molar-refractivity contribution in [3.63, 3.8) is 0 Å². The van der Waals surface area contributed by atoms with E-state index in [1.54, 1.807) is 0 Å². The molecule has 0 atom stereocenters. The zero-order valence-electron chi connectivity index (χ0n) is 15.3. The Morgan fingerprint density at radius 3 is 2.42 bits per heavy atom. The van der Waals surface area contributed by atoms with Crippen LogP contribution in [0.5, 0.6) is 0 Å². The third-order valence-corrected chi connectivity index (χ3v) is 6.26. The largest absolute Gasteiger partial charge is 0.395 e. The van der Waals surface area contributed by atoms with Crippen LogP contribution in [0, 0.1) is 11.3 Å². The van der Waals surface area contributed by atoms with Gasteiger partial charge in [-0.3, -0.25) is 4.98 Å². The highest BCUT2D eigenvalue weighted by Crippen LogP contribution is 2.45. The van der Waals surface area contributed by atoms with Crippen LogP contribution in [0.1, 0.15) is 67.5 Å². The Hall–Kier alpha value is -2.18. The van der Waals surface area contributed by atoms with Crippen molar-refractivity contribution in [3.8, 4) is 17.2 Å². The normalized spacial score (nSPS) is 18.8. The van der Waals surface area contributed by atoms with E-state index in [9.17, 15) is 10.4 Å². The number of rotatable bonds is 3. The predicted molar refractivity (Wildman–Crippen MR) is 103 cm³/mol. The fourth-order valence-corrected chi connectivity index (χ4v) is 4.86. The predicted octanol–water partition coefficient (Wildman–Crippen LogP) is 4.69. The maximum absolute atomic E-state index is 10.3. The SMILES string of the molecule is N#Cc1c(C2(CO)CCCC2)nc2c(c1-c1ccccc1)CCCCC2. The number of hydrogen-bond acceptors (Lipinski definition) is 3. The quantitative estimate of drug-likeness (QED) is 0.820. The van der Waals surface area contributed by atoms with Gasteiger partial charge in [0.15, 0.2) is 0 Å². The molecule has 3 nitrogen and oxygen atoms in total. The maximum Gasteiger partial charge on any atom is 0.102 e. The molecule has 26 heavy (non-hydrogen) atoms. The molecule has 1 heterocycles. The van der Waals surface area contributed by atoms with Crippen molar-refractivity contribution in [2.45, 2.75) is 63.2 Å². The summed E-state index contributed by atoms with van der Waals surface area (Å²) in [6.07, 6.45) is 9.57. The van der Waals surface area contributed by atoms with E-state index in [0.717, 1.165) is 73.9 Å². The third kappa shape index (κ3) is 2.83. The number of nitrogens with zero attached hydrogens (tertiary/aromatic N) is 2. The van der Waals surface area contributed by atoms with E-state index in [-0.39, 0.29) is 12.0 Å². The zero-order chi connectivity index (χ0) is 18.0. The number of pyridine rings is 1. The summed E-state index contributed by atoms with van der Waals surface area (Å²) in [5.74, 6) is 0. The summed E-state index contributed by atoms with van der Waals surface area (Å²) in [5, 5.41) is 20.4. The van der Waals surface area contributed by atoms with E-state index in [0.29, 0.717) is 5.56 Å². The summed E-state index contributed by atoms with van der Waals surface area (Å²) in [4.78, 5) is 5.07. The van der Waals surface area contributed by atoms with Gasteiger partial charge in [-0.15, -0.1) is 0 Å². The van der Waals surface area contributed by atoms with Crippen molar-refractivity contribution in [1.82, 2.24) is 4.98 Å². The summed E-state index contributed by atoms with van der Waals surface area (Å²) in [5.41, 5.74) is 5.84. The fourth-order valence-electron chi connectivity index (χ4n) is 4.86. The summed E-state index contributed by atoms with van der Waals surface area (Å²) in [6.45, 7) is 0.0850. The van der Waals surface area contributed by atoms with Gasteiger partial charge in [-0.25, -0.2) is 0 Å². The Bertz CT molecular complexity index is 830. The molecule has 1 fully saturated rings. The molecule has 0 saturated heterocycles. The molecule has 1 saturated carbocycles. The first-order chi connectivity index (χ1) is 12.8. The van der Waals surface area contributed by atoms with E-state index in [4.69, 9.17) is 4.98 Å². The Morgan fingerprint density at radius 1 is 1.00 bits per heavy atom. The van der Waals surface area contributed by atoms with E-state index < -0.39 is 0 Å². The molecule has 2 aliphatic carbocycles. The fraction of sp³-hybridized carbons (Fsp3) is 0.478. The molecule has 4 rings (SSSR count). The molecule has 134 valence electrons. The van der Waals surface area contributed by atoms with Crippen LogP contribution in [0.15, 0.2) is 30.3 Å². The lowest BCUT2D eigenvalue weighted by Gasteiger charge is -2.29. The minimum absolute atomic E-state index is 0.0850. The molecule has 3 heteroatoms. The second-order valence-electron chi connectivity index (χ2n) is 7.82. The number of aromatic nitrogens is 1. The lowest BCUT2D eigenvalue weighted by Crippen LogP contribution is -2.30. The van der Waals surface area contributed by atoms with E-state index in [1.807, 2.05) is 18.2 Å². The van der Waals surface area contributed by atoms with Gasteiger partial charge in [0, 0.05) is 16.7 Å². The smallest absolute Gasteiger partial charge is 0.102 e. The highest BCUT2D eigenvalue weighted by atomic mass is 16.3. The van der Waals surface area contributed by atoms with Gasteiger partial charge < -0.3 is 5.11 Å². The second-order valence-corrected chi connectivity index (χ2v) is 7.82. The minimum atomic E-state index is -0.337. The average Bonchev–Trinajstić information content (AvgIpc) is 3.06. The van der Waals surface area contributed by atoms with Crippen molar-refractivity contribution < 1.29 is 5.11 Å². The van der Waals surface area contributed by atoms with E-state index in [1.165, 1.54) is 12.0 Å². The van der Waals surface area contributed by atoms with Crippen molar-refractivity contribution in [3.05, 3.63) is 52.8 Å². The van der Waals surface area contributed by atoms with Crippen LogP contribution >= 0.6 is 0 Å². The van der Waals surface area contributed by atoms with Gasteiger partial charge in [-0.05, 0) is 49.7 Å². The molecule has 0 aliphatic heterocycles. The van der Waals surface area contributed by atoms with Crippen LogP contribution < -0.4 is 0 Å². The van der Waals surface area contributed by atoms with Gasteiger partial charge in [-0.2, -0.15) is 5.26 Å². The number of aliphatic hydroxyl groups excluding tert-OH is 1. The number of benzene rings is 1. The third-order valence-electron chi connectivity index (χ3n) is 6.26. The topological polar surface area (TPSA) is 56.9 Å². The Balaban J connectivity index is 2.02. The average molecular weight is 346 g/mol. The number of hydrogen-bond donors (Lipinski definition) is 1.